The molecule has 2 amide bonds. The average molecular weight is 303 g/mol. The van der Waals surface area contributed by atoms with E-state index in [-0.39, 0.29) is 5.91 Å². The molecular weight excluding hydrogens is 286 g/mol. The van der Waals surface area contributed by atoms with Gasteiger partial charge in [-0.1, -0.05) is 24.8 Å². The fraction of sp³-hybridized carbons (Fsp3) is 0.400. The van der Waals surface area contributed by atoms with Crippen LogP contribution < -0.4 is 10.7 Å². The molecule has 1 saturated carbocycles. The highest BCUT2D eigenvalue weighted by molar-refractivity contribution is 7.96. The number of rotatable bonds is 4. The first-order chi connectivity index (χ1) is 10.1. The van der Waals surface area contributed by atoms with Crippen molar-refractivity contribution in [1.82, 2.24) is 5.43 Å². The van der Waals surface area contributed by atoms with Crippen molar-refractivity contribution in [3.05, 3.63) is 29.3 Å². The molecule has 0 atom stereocenters. The summed E-state index contributed by atoms with van der Waals surface area (Å²) in [6.07, 6.45) is 4.60. The van der Waals surface area contributed by atoms with Crippen molar-refractivity contribution in [2.45, 2.75) is 32.1 Å². The standard InChI is InChI=1S/C15H17N3O2S/c19-14-6-5-12(17-18-14)11-4-3-10(7-9-1-2-9)8-13(11)16-15(20)21/h3-4,8-9H,1-2,5-7H2,(H,18,19)(H2,16,20,21). The number of thiol groups is 1. The van der Waals surface area contributed by atoms with Crippen molar-refractivity contribution in [2.24, 2.45) is 11.0 Å². The lowest BCUT2D eigenvalue weighted by molar-refractivity contribution is -0.121. The van der Waals surface area contributed by atoms with Crippen molar-refractivity contribution >= 4 is 35.2 Å². The van der Waals surface area contributed by atoms with Gasteiger partial charge in [0, 0.05) is 18.4 Å². The number of nitrogens with one attached hydrogen (secondary N) is 2. The Hall–Kier alpha value is -1.82. The van der Waals surface area contributed by atoms with Crippen molar-refractivity contribution in [3.8, 4) is 0 Å². The molecule has 0 unspecified atom stereocenters. The van der Waals surface area contributed by atoms with E-state index in [1.807, 2.05) is 12.1 Å². The smallest absolute Gasteiger partial charge is 0.280 e. The highest BCUT2D eigenvalue weighted by Gasteiger charge is 2.23. The Bertz CT molecular complexity index is 623. The number of nitrogens with zero attached hydrogens (tertiary/aromatic N) is 1. The van der Waals surface area contributed by atoms with Crippen LogP contribution in [0.5, 0.6) is 0 Å². The molecule has 3 rings (SSSR count). The predicted octanol–water partition coefficient (Wildman–Crippen LogP) is 2.71. The molecule has 0 bridgehead atoms. The van der Waals surface area contributed by atoms with Crippen LogP contribution in [0.1, 0.15) is 36.8 Å². The first kappa shape index (κ1) is 14.1. The number of carbonyl (C=O) groups excluding carboxylic acids is 2. The van der Waals surface area contributed by atoms with Crippen molar-refractivity contribution in [1.29, 1.82) is 0 Å². The van der Waals surface area contributed by atoms with E-state index in [0.717, 1.165) is 23.6 Å². The van der Waals surface area contributed by atoms with Gasteiger partial charge in [-0.2, -0.15) is 5.10 Å². The lowest BCUT2D eigenvalue weighted by Gasteiger charge is -2.16. The largest absolute Gasteiger partial charge is 0.316 e. The topological polar surface area (TPSA) is 70.6 Å². The summed E-state index contributed by atoms with van der Waals surface area (Å²) in [5.74, 6) is 0.700. The summed E-state index contributed by atoms with van der Waals surface area (Å²) in [6, 6.07) is 6.02. The van der Waals surface area contributed by atoms with Crippen LogP contribution in [0.15, 0.2) is 23.3 Å². The molecule has 110 valence electrons. The first-order valence-corrected chi connectivity index (χ1v) is 7.55. The third kappa shape index (κ3) is 3.64. The predicted molar refractivity (Wildman–Crippen MR) is 84.8 cm³/mol. The highest BCUT2D eigenvalue weighted by atomic mass is 32.1. The van der Waals surface area contributed by atoms with Crippen molar-refractivity contribution in [3.63, 3.8) is 0 Å². The van der Waals surface area contributed by atoms with Crippen LogP contribution in [0.3, 0.4) is 0 Å². The normalized spacial score (nSPS) is 18.0. The van der Waals surface area contributed by atoms with Gasteiger partial charge in [0.25, 0.3) is 5.24 Å². The van der Waals surface area contributed by atoms with Gasteiger partial charge in [-0.3, -0.25) is 9.59 Å². The van der Waals surface area contributed by atoms with Crippen LogP contribution in [0, 0.1) is 5.92 Å². The lowest BCUT2D eigenvalue weighted by atomic mass is 9.98. The Kier molecular flexibility index (Phi) is 3.96. The number of amides is 2. The maximum absolute atomic E-state index is 11.3. The van der Waals surface area contributed by atoms with E-state index in [1.165, 1.54) is 18.4 Å². The summed E-state index contributed by atoms with van der Waals surface area (Å²) < 4.78 is 0. The van der Waals surface area contributed by atoms with E-state index >= 15 is 0 Å². The monoisotopic (exact) mass is 303 g/mol. The number of hydrazone groups is 1. The van der Waals surface area contributed by atoms with Crippen LogP contribution in [0.2, 0.25) is 0 Å². The molecule has 1 aliphatic heterocycles. The van der Waals surface area contributed by atoms with Crippen molar-refractivity contribution in [2.75, 3.05) is 5.32 Å². The first-order valence-electron chi connectivity index (χ1n) is 7.10. The van der Waals surface area contributed by atoms with Gasteiger partial charge in [0.2, 0.25) is 5.91 Å². The maximum Gasteiger partial charge on any atom is 0.280 e. The maximum atomic E-state index is 11.3. The Morgan fingerprint density at radius 1 is 1.38 bits per heavy atom. The van der Waals surface area contributed by atoms with Crippen LogP contribution >= 0.6 is 12.6 Å². The quantitative estimate of drug-likeness (QED) is 0.748. The van der Waals surface area contributed by atoms with E-state index in [0.29, 0.717) is 18.5 Å². The minimum absolute atomic E-state index is 0.0797. The SMILES string of the molecule is O=C(S)Nc1cc(CC2CC2)ccc1C1=NNC(=O)CC1. The average Bonchev–Trinajstić information content (AvgIpc) is 3.24. The van der Waals surface area contributed by atoms with Gasteiger partial charge in [-0.15, -0.1) is 0 Å². The summed E-state index contributed by atoms with van der Waals surface area (Å²) in [5.41, 5.74) is 6.03. The van der Waals surface area contributed by atoms with Gasteiger partial charge in [-0.25, -0.2) is 5.43 Å². The number of hydrogen-bond acceptors (Lipinski definition) is 3. The summed E-state index contributed by atoms with van der Waals surface area (Å²) >= 11 is 3.79. The Morgan fingerprint density at radius 2 is 2.19 bits per heavy atom. The second-order valence-corrected chi connectivity index (χ2v) is 5.96. The fourth-order valence-electron chi connectivity index (χ4n) is 2.51. The van der Waals surface area contributed by atoms with Gasteiger partial charge < -0.3 is 5.32 Å². The molecule has 1 heterocycles. The summed E-state index contributed by atoms with van der Waals surface area (Å²) in [5, 5.41) is 6.44. The highest BCUT2D eigenvalue weighted by Crippen LogP contribution is 2.34. The molecule has 1 fully saturated rings. The zero-order valence-electron chi connectivity index (χ0n) is 11.6. The molecule has 1 aromatic carbocycles. The molecule has 6 heteroatoms. The van der Waals surface area contributed by atoms with Gasteiger partial charge >= 0.3 is 0 Å². The summed E-state index contributed by atoms with van der Waals surface area (Å²) in [6.45, 7) is 0. The molecule has 21 heavy (non-hydrogen) atoms. The van der Waals surface area contributed by atoms with Gasteiger partial charge in [0.1, 0.15) is 0 Å². The molecule has 2 N–H and O–H groups in total. The lowest BCUT2D eigenvalue weighted by Crippen LogP contribution is -2.26. The Morgan fingerprint density at radius 3 is 2.81 bits per heavy atom. The zero-order valence-corrected chi connectivity index (χ0v) is 12.5. The molecule has 5 nitrogen and oxygen atoms in total. The molecule has 2 aliphatic rings. The minimum Gasteiger partial charge on any atom is -0.316 e. The second kappa shape index (κ2) is 5.89. The van der Waals surface area contributed by atoms with E-state index in [4.69, 9.17) is 0 Å². The van der Waals surface area contributed by atoms with Crippen LogP contribution in [0.25, 0.3) is 0 Å². The van der Waals surface area contributed by atoms with Gasteiger partial charge in [0.15, 0.2) is 0 Å². The van der Waals surface area contributed by atoms with Gasteiger partial charge in [0.05, 0.1) is 11.4 Å². The van der Waals surface area contributed by atoms with Gasteiger partial charge in [-0.05, 0) is 36.8 Å². The number of carbonyl (C=O) groups is 2. The fourth-order valence-corrected chi connectivity index (χ4v) is 2.63. The number of hydrogen-bond donors (Lipinski definition) is 3. The van der Waals surface area contributed by atoms with E-state index in [2.05, 4.69) is 34.5 Å². The molecular formula is C15H17N3O2S. The minimum atomic E-state index is -0.403. The molecule has 0 spiro atoms. The van der Waals surface area contributed by atoms with Crippen LogP contribution in [-0.2, 0) is 11.2 Å². The zero-order chi connectivity index (χ0) is 14.8. The third-order valence-electron chi connectivity index (χ3n) is 3.76. The molecule has 0 saturated heterocycles. The van der Waals surface area contributed by atoms with Crippen LogP contribution in [-0.4, -0.2) is 16.9 Å². The molecule has 0 aromatic heterocycles. The summed E-state index contributed by atoms with van der Waals surface area (Å²) in [4.78, 5) is 22.5. The molecule has 1 aromatic rings. The summed E-state index contributed by atoms with van der Waals surface area (Å²) in [7, 11) is 0. The molecule has 1 aliphatic carbocycles. The Labute approximate surface area is 128 Å². The Balaban J connectivity index is 1.89. The van der Waals surface area contributed by atoms with E-state index in [1.54, 1.807) is 0 Å². The van der Waals surface area contributed by atoms with E-state index < -0.39 is 5.24 Å². The number of benzene rings is 1. The molecule has 0 radical (unpaired) electrons. The van der Waals surface area contributed by atoms with Crippen molar-refractivity contribution < 1.29 is 9.59 Å². The third-order valence-corrected chi connectivity index (χ3v) is 3.87. The second-order valence-electron chi connectivity index (χ2n) is 5.55. The number of anilines is 1. The van der Waals surface area contributed by atoms with E-state index in [9.17, 15) is 9.59 Å². The van der Waals surface area contributed by atoms with Crippen LogP contribution in [0.4, 0.5) is 10.5 Å².